The Morgan fingerprint density at radius 1 is 1.41 bits per heavy atom. The lowest BCUT2D eigenvalue weighted by Gasteiger charge is -2.05. The third kappa shape index (κ3) is 2.98. The summed E-state index contributed by atoms with van der Waals surface area (Å²) in [4.78, 5) is 13.3. The molecule has 0 aliphatic rings. The van der Waals surface area contributed by atoms with Crippen LogP contribution in [-0.4, -0.2) is 5.78 Å². The number of hydrogen-bond donors (Lipinski definition) is 0. The molecule has 0 spiro atoms. The Hall–Kier alpha value is -0.200. The molecule has 0 amide bonds. The Kier molecular flexibility index (Phi) is 4.38. The van der Waals surface area contributed by atoms with Crippen molar-refractivity contribution in [1.29, 1.82) is 0 Å². The van der Waals surface area contributed by atoms with Crippen LogP contribution in [0.3, 0.4) is 0 Å². The molecular weight excluding hydrogens is 411 g/mol. The Morgan fingerprint density at radius 2 is 2.18 bits per heavy atom. The van der Waals surface area contributed by atoms with Crippen LogP contribution in [0.5, 0.6) is 0 Å². The molecule has 0 radical (unpaired) electrons. The molecule has 17 heavy (non-hydrogen) atoms. The summed E-state index contributed by atoms with van der Waals surface area (Å²) >= 11 is 7.31. The largest absolute Gasteiger partial charge is 0.294 e. The number of carbonyl (C=O) groups excluding carboxylic acids is 1. The van der Waals surface area contributed by atoms with Gasteiger partial charge < -0.3 is 0 Å². The summed E-state index contributed by atoms with van der Waals surface area (Å²) in [6.07, 6.45) is 0.470. The van der Waals surface area contributed by atoms with Gasteiger partial charge in [-0.3, -0.25) is 4.79 Å². The summed E-state index contributed by atoms with van der Waals surface area (Å²) in [7, 11) is 0. The smallest absolute Gasteiger partial charge is 0.169 e. The fourth-order valence-electron chi connectivity index (χ4n) is 1.56. The number of Topliss-reactive ketones (excluding diaryl/α,β-unsaturated/α-hetero) is 1. The predicted octanol–water partition coefficient (Wildman–Crippen LogP) is 4.85. The van der Waals surface area contributed by atoms with Crippen molar-refractivity contribution >= 4 is 55.6 Å². The topological polar surface area (TPSA) is 17.1 Å². The van der Waals surface area contributed by atoms with E-state index < -0.39 is 0 Å². The maximum Gasteiger partial charge on any atom is 0.169 e. The fourth-order valence-corrected chi connectivity index (χ4v) is 3.71. The number of carbonyl (C=O) groups is 1. The maximum atomic E-state index is 12.2. The molecule has 1 aromatic heterocycles. The SMILES string of the molecule is Cc1cccc(C(=O)Cc2sccc2Br)c1I. The number of thiophene rings is 1. The predicted molar refractivity (Wildman–Crippen MR) is 83.9 cm³/mol. The first-order chi connectivity index (χ1) is 8.09. The number of rotatable bonds is 3. The van der Waals surface area contributed by atoms with E-state index in [1.165, 1.54) is 0 Å². The van der Waals surface area contributed by atoms with E-state index in [0.717, 1.165) is 24.0 Å². The van der Waals surface area contributed by atoms with Crippen molar-refractivity contribution in [3.8, 4) is 0 Å². The summed E-state index contributed by atoms with van der Waals surface area (Å²) in [5.74, 6) is 0.182. The summed E-state index contributed by atoms with van der Waals surface area (Å²) in [6, 6.07) is 7.85. The number of aryl methyl sites for hydroxylation is 1. The van der Waals surface area contributed by atoms with Gasteiger partial charge in [-0.25, -0.2) is 0 Å². The van der Waals surface area contributed by atoms with Gasteiger partial charge in [-0.2, -0.15) is 0 Å². The molecule has 2 rings (SSSR count). The second-order valence-corrected chi connectivity index (χ2v) is 6.66. The highest BCUT2D eigenvalue weighted by atomic mass is 127. The molecule has 0 atom stereocenters. The highest BCUT2D eigenvalue weighted by Gasteiger charge is 2.14. The number of halogens is 2. The lowest BCUT2D eigenvalue weighted by molar-refractivity contribution is 0.0992. The van der Waals surface area contributed by atoms with E-state index >= 15 is 0 Å². The van der Waals surface area contributed by atoms with Crippen LogP contribution in [-0.2, 0) is 6.42 Å². The molecule has 2 aromatic rings. The molecule has 0 unspecified atom stereocenters. The Bertz CT molecular complexity index is 562. The van der Waals surface area contributed by atoms with Crippen molar-refractivity contribution in [3.05, 3.63) is 53.7 Å². The van der Waals surface area contributed by atoms with Gasteiger partial charge in [0.15, 0.2) is 5.78 Å². The van der Waals surface area contributed by atoms with Gasteiger partial charge >= 0.3 is 0 Å². The summed E-state index contributed by atoms with van der Waals surface area (Å²) in [5, 5.41) is 1.99. The van der Waals surface area contributed by atoms with Crippen molar-refractivity contribution in [1.82, 2.24) is 0 Å². The van der Waals surface area contributed by atoms with Gasteiger partial charge in [0.25, 0.3) is 0 Å². The van der Waals surface area contributed by atoms with Gasteiger partial charge in [0.05, 0.1) is 0 Å². The lowest BCUT2D eigenvalue weighted by atomic mass is 10.1. The highest BCUT2D eigenvalue weighted by Crippen LogP contribution is 2.25. The number of hydrogen-bond acceptors (Lipinski definition) is 2. The minimum absolute atomic E-state index is 0.182. The molecular formula is C13H10BrIOS. The van der Waals surface area contributed by atoms with Crippen LogP contribution in [0.1, 0.15) is 20.8 Å². The van der Waals surface area contributed by atoms with Crippen LogP contribution < -0.4 is 0 Å². The van der Waals surface area contributed by atoms with E-state index in [1.807, 2.05) is 36.6 Å². The first kappa shape index (κ1) is 13.2. The molecule has 1 heterocycles. The standard InChI is InChI=1S/C13H10BrIOS/c1-8-3-2-4-9(13(8)15)11(16)7-12-10(14)5-6-17-12/h2-6H,7H2,1H3. The molecule has 0 saturated carbocycles. The summed E-state index contributed by atoms with van der Waals surface area (Å²) < 4.78 is 2.08. The quantitative estimate of drug-likeness (QED) is 0.512. The molecule has 0 bridgehead atoms. The first-order valence-corrected chi connectivity index (χ1v) is 7.85. The average molecular weight is 421 g/mol. The van der Waals surface area contributed by atoms with Crippen LogP contribution in [0, 0.1) is 10.5 Å². The Labute approximate surface area is 127 Å². The van der Waals surface area contributed by atoms with Gasteiger partial charge in [-0.15, -0.1) is 11.3 Å². The molecule has 1 aromatic carbocycles. The molecule has 0 saturated heterocycles. The van der Waals surface area contributed by atoms with E-state index in [0.29, 0.717) is 6.42 Å². The second kappa shape index (κ2) is 5.63. The van der Waals surface area contributed by atoms with E-state index in [1.54, 1.807) is 11.3 Å². The first-order valence-electron chi connectivity index (χ1n) is 5.10. The van der Waals surface area contributed by atoms with E-state index in [2.05, 4.69) is 38.5 Å². The number of ketones is 1. The Balaban J connectivity index is 2.27. The van der Waals surface area contributed by atoms with E-state index in [4.69, 9.17) is 0 Å². The monoisotopic (exact) mass is 420 g/mol. The lowest BCUT2D eigenvalue weighted by Crippen LogP contribution is -2.05. The fraction of sp³-hybridized carbons (Fsp3) is 0.154. The van der Waals surface area contributed by atoms with Crippen LogP contribution in [0.4, 0.5) is 0 Å². The van der Waals surface area contributed by atoms with Crippen molar-refractivity contribution in [2.24, 2.45) is 0 Å². The van der Waals surface area contributed by atoms with Gasteiger partial charge in [-0.05, 0) is 62.5 Å². The zero-order valence-electron chi connectivity index (χ0n) is 9.17. The van der Waals surface area contributed by atoms with Gasteiger partial charge in [0.2, 0.25) is 0 Å². The molecule has 88 valence electrons. The van der Waals surface area contributed by atoms with E-state index in [9.17, 15) is 4.79 Å². The van der Waals surface area contributed by atoms with Crippen LogP contribution in [0.15, 0.2) is 34.1 Å². The zero-order chi connectivity index (χ0) is 12.4. The van der Waals surface area contributed by atoms with Crippen molar-refractivity contribution in [3.63, 3.8) is 0 Å². The van der Waals surface area contributed by atoms with Crippen LogP contribution >= 0.6 is 49.9 Å². The van der Waals surface area contributed by atoms with Gasteiger partial charge in [-0.1, -0.05) is 18.2 Å². The normalized spacial score (nSPS) is 10.5. The minimum atomic E-state index is 0.182. The highest BCUT2D eigenvalue weighted by molar-refractivity contribution is 14.1. The third-order valence-corrected chi connectivity index (χ3v) is 5.86. The minimum Gasteiger partial charge on any atom is -0.294 e. The zero-order valence-corrected chi connectivity index (χ0v) is 13.7. The molecule has 1 nitrogen and oxygen atoms in total. The molecule has 4 heteroatoms. The van der Waals surface area contributed by atoms with E-state index in [-0.39, 0.29) is 5.78 Å². The Morgan fingerprint density at radius 3 is 2.82 bits per heavy atom. The third-order valence-electron chi connectivity index (χ3n) is 2.50. The number of benzene rings is 1. The molecule has 0 aliphatic heterocycles. The van der Waals surface area contributed by atoms with Crippen molar-refractivity contribution < 1.29 is 4.79 Å². The summed E-state index contributed by atoms with van der Waals surface area (Å²) in [6.45, 7) is 2.03. The second-order valence-electron chi connectivity index (χ2n) is 3.73. The molecule has 0 N–H and O–H groups in total. The summed E-state index contributed by atoms with van der Waals surface area (Å²) in [5.41, 5.74) is 1.98. The van der Waals surface area contributed by atoms with Crippen molar-refractivity contribution in [2.75, 3.05) is 0 Å². The maximum absolute atomic E-state index is 12.2. The van der Waals surface area contributed by atoms with Crippen molar-refractivity contribution in [2.45, 2.75) is 13.3 Å². The average Bonchev–Trinajstić information content (AvgIpc) is 2.68. The molecule has 0 fully saturated rings. The van der Waals surface area contributed by atoms with Gasteiger partial charge in [0, 0.05) is 24.9 Å². The van der Waals surface area contributed by atoms with Crippen LogP contribution in [0.25, 0.3) is 0 Å². The van der Waals surface area contributed by atoms with Gasteiger partial charge in [0.1, 0.15) is 0 Å². The molecule has 0 aliphatic carbocycles. The van der Waals surface area contributed by atoms with Crippen LogP contribution in [0.2, 0.25) is 0 Å².